The molecule has 2 aliphatic rings. The molecule has 0 heterocycles. The highest BCUT2D eigenvalue weighted by atomic mass is 14.2. The van der Waals surface area contributed by atoms with Crippen molar-refractivity contribution in [3.05, 3.63) is 0 Å². The zero-order valence-electron chi connectivity index (χ0n) is 8.93. The fraction of sp³-hybridized carbons (Fsp3) is 1.00. The summed E-state index contributed by atoms with van der Waals surface area (Å²) in [4.78, 5) is 0. The molecule has 0 aliphatic heterocycles. The lowest BCUT2D eigenvalue weighted by molar-refractivity contribution is 0.270. The van der Waals surface area contributed by atoms with Gasteiger partial charge in [-0.05, 0) is 11.8 Å². The highest BCUT2D eigenvalue weighted by molar-refractivity contribution is 4.71. The fourth-order valence-corrected chi connectivity index (χ4v) is 2.61. The zero-order valence-corrected chi connectivity index (χ0v) is 8.93. The van der Waals surface area contributed by atoms with Crippen LogP contribution in [0.2, 0.25) is 0 Å². The SMILES string of the molecule is C(CCC1CCC1)CCC1CCC1. The third-order valence-electron chi connectivity index (χ3n) is 4.17. The van der Waals surface area contributed by atoms with Crippen LogP contribution in [0.5, 0.6) is 0 Å². The molecule has 76 valence electrons. The lowest BCUT2D eigenvalue weighted by Crippen LogP contribution is -2.11. The summed E-state index contributed by atoms with van der Waals surface area (Å²) < 4.78 is 0. The molecular formula is C13H24. The van der Waals surface area contributed by atoms with Crippen molar-refractivity contribution in [2.24, 2.45) is 11.8 Å². The van der Waals surface area contributed by atoms with Crippen LogP contribution in [0.4, 0.5) is 0 Å². The second-order valence-corrected chi connectivity index (χ2v) is 5.23. The van der Waals surface area contributed by atoms with E-state index in [-0.39, 0.29) is 0 Å². The highest BCUT2D eigenvalue weighted by Gasteiger charge is 2.18. The molecule has 0 N–H and O–H groups in total. The summed E-state index contributed by atoms with van der Waals surface area (Å²) in [5.74, 6) is 2.28. The Morgan fingerprint density at radius 1 is 0.615 bits per heavy atom. The standard InChI is InChI=1S/C13H24/c1(2-6-12-8-4-9-12)3-7-13-10-5-11-13/h12-13H,1-11H2. The van der Waals surface area contributed by atoms with Gasteiger partial charge in [-0.15, -0.1) is 0 Å². The average Bonchev–Trinajstić information content (AvgIpc) is 1.96. The molecular weight excluding hydrogens is 156 g/mol. The smallest absolute Gasteiger partial charge is 0.0414 e. The monoisotopic (exact) mass is 180 g/mol. The van der Waals surface area contributed by atoms with Gasteiger partial charge in [-0.25, -0.2) is 0 Å². The van der Waals surface area contributed by atoms with Gasteiger partial charge in [0.25, 0.3) is 0 Å². The van der Waals surface area contributed by atoms with E-state index in [9.17, 15) is 0 Å². The minimum atomic E-state index is 1.14. The van der Waals surface area contributed by atoms with E-state index in [0.717, 1.165) is 11.8 Å². The quantitative estimate of drug-likeness (QED) is 0.526. The van der Waals surface area contributed by atoms with Gasteiger partial charge in [-0.1, -0.05) is 70.6 Å². The molecule has 0 heteroatoms. The van der Waals surface area contributed by atoms with Crippen molar-refractivity contribution in [2.75, 3.05) is 0 Å². The molecule has 0 bridgehead atoms. The van der Waals surface area contributed by atoms with Gasteiger partial charge < -0.3 is 0 Å². The minimum absolute atomic E-state index is 1.14. The molecule has 0 unspecified atom stereocenters. The van der Waals surface area contributed by atoms with E-state index >= 15 is 0 Å². The molecule has 0 aromatic heterocycles. The third kappa shape index (κ3) is 3.00. The first-order valence-corrected chi connectivity index (χ1v) is 6.45. The number of hydrogen-bond donors (Lipinski definition) is 0. The molecule has 2 fully saturated rings. The first-order chi connectivity index (χ1) is 6.45. The molecule has 0 radical (unpaired) electrons. The molecule has 0 amide bonds. The number of rotatable bonds is 6. The van der Waals surface area contributed by atoms with E-state index in [1.807, 2.05) is 0 Å². The Kier molecular flexibility index (Phi) is 3.69. The van der Waals surface area contributed by atoms with Crippen LogP contribution in [0.3, 0.4) is 0 Å². The van der Waals surface area contributed by atoms with Gasteiger partial charge in [0.05, 0.1) is 0 Å². The topological polar surface area (TPSA) is 0 Å². The molecule has 0 spiro atoms. The lowest BCUT2D eigenvalue weighted by atomic mass is 9.80. The largest absolute Gasteiger partial charge is 0.0533 e. The molecule has 2 saturated carbocycles. The Labute approximate surface area is 83.1 Å². The number of hydrogen-bond acceptors (Lipinski definition) is 0. The molecule has 0 nitrogen and oxygen atoms in total. The van der Waals surface area contributed by atoms with Crippen molar-refractivity contribution < 1.29 is 0 Å². The Morgan fingerprint density at radius 2 is 1.08 bits per heavy atom. The van der Waals surface area contributed by atoms with Crippen LogP contribution in [0, 0.1) is 11.8 Å². The lowest BCUT2D eigenvalue weighted by Gasteiger charge is -2.26. The zero-order chi connectivity index (χ0) is 8.93. The summed E-state index contributed by atoms with van der Waals surface area (Å²) in [6.07, 6.45) is 16.9. The second-order valence-electron chi connectivity index (χ2n) is 5.23. The first-order valence-electron chi connectivity index (χ1n) is 6.45. The van der Waals surface area contributed by atoms with Gasteiger partial charge in [-0.3, -0.25) is 0 Å². The predicted octanol–water partition coefficient (Wildman–Crippen LogP) is 4.54. The predicted molar refractivity (Wildman–Crippen MR) is 57.8 cm³/mol. The van der Waals surface area contributed by atoms with Crippen LogP contribution < -0.4 is 0 Å². The van der Waals surface area contributed by atoms with Crippen molar-refractivity contribution in [1.82, 2.24) is 0 Å². The van der Waals surface area contributed by atoms with Gasteiger partial charge in [0.2, 0.25) is 0 Å². The van der Waals surface area contributed by atoms with Crippen LogP contribution in [0.15, 0.2) is 0 Å². The van der Waals surface area contributed by atoms with Gasteiger partial charge in [0.15, 0.2) is 0 Å². The van der Waals surface area contributed by atoms with E-state index in [1.165, 1.54) is 32.1 Å². The average molecular weight is 180 g/mol. The van der Waals surface area contributed by atoms with Gasteiger partial charge >= 0.3 is 0 Å². The third-order valence-corrected chi connectivity index (χ3v) is 4.17. The van der Waals surface area contributed by atoms with Crippen LogP contribution >= 0.6 is 0 Å². The summed E-state index contributed by atoms with van der Waals surface area (Å²) in [6, 6.07) is 0. The fourth-order valence-electron chi connectivity index (χ4n) is 2.61. The van der Waals surface area contributed by atoms with E-state index in [2.05, 4.69) is 0 Å². The summed E-state index contributed by atoms with van der Waals surface area (Å²) in [5.41, 5.74) is 0. The van der Waals surface area contributed by atoms with Gasteiger partial charge in [-0.2, -0.15) is 0 Å². The summed E-state index contributed by atoms with van der Waals surface area (Å²) in [5, 5.41) is 0. The minimum Gasteiger partial charge on any atom is -0.0533 e. The van der Waals surface area contributed by atoms with Crippen LogP contribution in [-0.4, -0.2) is 0 Å². The van der Waals surface area contributed by atoms with E-state index in [0.29, 0.717) is 0 Å². The highest BCUT2D eigenvalue weighted by Crippen LogP contribution is 2.33. The molecule has 0 saturated heterocycles. The maximum Gasteiger partial charge on any atom is -0.0414 e. The van der Waals surface area contributed by atoms with E-state index in [4.69, 9.17) is 0 Å². The molecule has 13 heavy (non-hydrogen) atoms. The normalized spacial score (nSPS) is 24.0. The van der Waals surface area contributed by atoms with Crippen LogP contribution in [0.25, 0.3) is 0 Å². The Balaban J connectivity index is 1.36. The summed E-state index contributed by atoms with van der Waals surface area (Å²) >= 11 is 0. The van der Waals surface area contributed by atoms with Gasteiger partial charge in [0.1, 0.15) is 0 Å². The number of unbranched alkanes of at least 4 members (excludes halogenated alkanes) is 2. The van der Waals surface area contributed by atoms with Crippen molar-refractivity contribution in [3.63, 3.8) is 0 Å². The molecule has 0 atom stereocenters. The van der Waals surface area contributed by atoms with Crippen molar-refractivity contribution >= 4 is 0 Å². The maximum atomic E-state index is 1.55. The van der Waals surface area contributed by atoms with Crippen molar-refractivity contribution in [1.29, 1.82) is 0 Å². The first kappa shape index (κ1) is 9.55. The molecule has 2 aliphatic carbocycles. The molecule has 0 aromatic rings. The second kappa shape index (κ2) is 5.02. The summed E-state index contributed by atoms with van der Waals surface area (Å²) in [7, 11) is 0. The maximum absolute atomic E-state index is 1.55. The Morgan fingerprint density at radius 3 is 1.38 bits per heavy atom. The summed E-state index contributed by atoms with van der Waals surface area (Å²) in [6.45, 7) is 0. The molecule has 0 aromatic carbocycles. The van der Waals surface area contributed by atoms with Crippen LogP contribution in [-0.2, 0) is 0 Å². The van der Waals surface area contributed by atoms with Crippen molar-refractivity contribution in [3.8, 4) is 0 Å². The molecule has 2 rings (SSSR count). The van der Waals surface area contributed by atoms with Gasteiger partial charge in [0, 0.05) is 0 Å². The van der Waals surface area contributed by atoms with E-state index < -0.39 is 0 Å². The van der Waals surface area contributed by atoms with Crippen molar-refractivity contribution in [2.45, 2.75) is 70.6 Å². The van der Waals surface area contributed by atoms with Crippen LogP contribution in [0.1, 0.15) is 70.6 Å². The Bertz CT molecular complexity index is 115. The Hall–Kier alpha value is 0. The van der Waals surface area contributed by atoms with E-state index in [1.54, 1.807) is 38.5 Å².